The van der Waals surface area contributed by atoms with Gasteiger partial charge in [0.05, 0.1) is 11.3 Å². The molecule has 0 atom stereocenters. The minimum atomic E-state index is -5.19. The maximum Gasteiger partial charge on any atom is 0.573 e. The molecule has 98 valence electrons. The van der Waals surface area contributed by atoms with E-state index >= 15 is 0 Å². The molecule has 0 aliphatic rings. The Balaban J connectivity index is 3.47. The predicted molar refractivity (Wildman–Crippen MR) is 48.5 cm³/mol. The highest BCUT2D eigenvalue weighted by molar-refractivity contribution is 5.49. The van der Waals surface area contributed by atoms with Crippen LogP contribution in [0.5, 0.6) is 5.75 Å². The van der Waals surface area contributed by atoms with Crippen molar-refractivity contribution in [3.8, 4) is 11.8 Å². The molecular formula is C9H6F5N3O. The Morgan fingerprint density at radius 2 is 2.06 bits per heavy atom. The Morgan fingerprint density at radius 1 is 1.44 bits per heavy atom. The number of ether oxygens (including phenoxy) is 1. The molecule has 0 radical (unpaired) electrons. The molecule has 0 spiro atoms. The van der Waals surface area contributed by atoms with E-state index in [4.69, 9.17) is 11.0 Å². The van der Waals surface area contributed by atoms with Gasteiger partial charge in [0.1, 0.15) is 11.6 Å². The lowest BCUT2D eigenvalue weighted by Crippen LogP contribution is -2.20. The van der Waals surface area contributed by atoms with Crippen LogP contribution in [-0.2, 0) is 6.54 Å². The normalized spacial score (nSPS) is 11.4. The molecule has 2 N–H and O–H groups in total. The molecule has 0 bridgehead atoms. The van der Waals surface area contributed by atoms with E-state index in [9.17, 15) is 22.0 Å². The lowest BCUT2D eigenvalue weighted by atomic mass is 10.1. The van der Waals surface area contributed by atoms with E-state index in [1.807, 2.05) is 0 Å². The molecule has 4 nitrogen and oxygen atoms in total. The van der Waals surface area contributed by atoms with Gasteiger partial charge in [-0.15, -0.1) is 13.2 Å². The van der Waals surface area contributed by atoms with Crippen LogP contribution in [0.3, 0.4) is 0 Å². The van der Waals surface area contributed by atoms with Crippen molar-refractivity contribution in [3.05, 3.63) is 23.0 Å². The molecule has 0 aliphatic heterocycles. The van der Waals surface area contributed by atoms with E-state index < -0.39 is 41.9 Å². The summed E-state index contributed by atoms with van der Waals surface area (Å²) in [5.74, 6) is -1.25. The minimum absolute atomic E-state index is 0.455. The number of hydrogen-bond acceptors (Lipinski definition) is 4. The Bertz CT molecular complexity index is 480. The van der Waals surface area contributed by atoms with E-state index in [2.05, 4.69) is 9.72 Å². The van der Waals surface area contributed by atoms with Gasteiger partial charge >= 0.3 is 6.36 Å². The Kier molecular flexibility index (Phi) is 4.03. The molecule has 0 unspecified atom stereocenters. The molecule has 1 aromatic heterocycles. The van der Waals surface area contributed by atoms with Crippen LogP contribution in [0.25, 0.3) is 0 Å². The van der Waals surface area contributed by atoms with Crippen LogP contribution in [0.4, 0.5) is 22.0 Å². The van der Waals surface area contributed by atoms with Crippen molar-refractivity contribution in [1.29, 1.82) is 5.26 Å². The lowest BCUT2D eigenvalue weighted by Gasteiger charge is -2.16. The quantitative estimate of drug-likeness (QED) is 0.852. The van der Waals surface area contributed by atoms with Gasteiger partial charge in [-0.1, -0.05) is 0 Å². The number of nitrogens with two attached hydrogens (primary N) is 1. The molecule has 0 amide bonds. The van der Waals surface area contributed by atoms with Gasteiger partial charge in [0, 0.05) is 12.7 Å². The Labute approximate surface area is 97.8 Å². The SMILES string of the molecule is N#Cc1cnc(CN)c(C(F)F)c1OC(F)(F)F. The van der Waals surface area contributed by atoms with Crippen molar-refractivity contribution >= 4 is 0 Å². The third-order valence-electron chi connectivity index (χ3n) is 1.90. The van der Waals surface area contributed by atoms with Crippen LogP contribution in [0.15, 0.2) is 6.20 Å². The number of rotatable bonds is 3. The zero-order chi connectivity index (χ0) is 13.9. The zero-order valence-electron chi connectivity index (χ0n) is 8.63. The van der Waals surface area contributed by atoms with Crippen molar-refractivity contribution in [2.45, 2.75) is 19.3 Å². The smallest absolute Gasteiger partial charge is 0.404 e. The second-order valence-corrected chi connectivity index (χ2v) is 3.03. The van der Waals surface area contributed by atoms with Gasteiger partial charge in [-0.05, 0) is 0 Å². The van der Waals surface area contributed by atoms with E-state index in [0.717, 1.165) is 0 Å². The van der Waals surface area contributed by atoms with Gasteiger partial charge in [-0.2, -0.15) is 5.26 Å². The van der Waals surface area contributed by atoms with Crippen molar-refractivity contribution in [3.63, 3.8) is 0 Å². The first-order valence-electron chi connectivity index (χ1n) is 4.46. The second-order valence-electron chi connectivity index (χ2n) is 3.03. The third kappa shape index (κ3) is 3.04. The van der Waals surface area contributed by atoms with Crippen molar-refractivity contribution in [2.24, 2.45) is 5.73 Å². The molecule has 1 aromatic rings. The van der Waals surface area contributed by atoms with Crippen molar-refractivity contribution in [1.82, 2.24) is 4.98 Å². The van der Waals surface area contributed by atoms with Gasteiger partial charge in [0.15, 0.2) is 5.75 Å². The van der Waals surface area contributed by atoms with Crippen LogP contribution in [0.1, 0.15) is 23.2 Å². The highest BCUT2D eigenvalue weighted by Crippen LogP contribution is 2.36. The first-order valence-corrected chi connectivity index (χ1v) is 4.46. The zero-order valence-corrected chi connectivity index (χ0v) is 8.63. The first-order chi connectivity index (χ1) is 8.30. The van der Waals surface area contributed by atoms with Gasteiger partial charge in [-0.3, -0.25) is 4.98 Å². The topological polar surface area (TPSA) is 71.9 Å². The fourth-order valence-electron chi connectivity index (χ4n) is 1.24. The van der Waals surface area contributed by atoms with E-state index in [0.29, 0.717) is 6.20 Å². The summed E-state index contributed by atoms with van der Waals surface area (Å²) in [6.45, 7) is -0.500. The number of alkyl halides is 5. The van der Waals surface area contributed by atoms with Crippen LogP contribution < -0.4 is 10.5 Å². The largest absolute Gasteiger partial charge is 0.573 e. The molecule has 0 aromatic carbocycles. The molecule has 9 heteroatoms. The van der Waals surface area contributed by atoms with Gasteiger partial charge in [0.25, 0.3) is 6.43 Å². The maximum absolute atomic E-state index is 12.7. The average molecular weight is 267 g/mol. The summed E-state index contributed by atoms with van der Waals surface area (Å²) in [5, 5.41) is 8.57. The van der Waals surface area contributed by atoms with Crippen LogP contribution in [0.2, 0.25) is 0 Å². The molecule has 0 aliphatic carbocycles. The maximum atomic E-state index is 12.7. The molecular weight excluding hydrogens is 261 g/mol. The summed E-state index contributed by atoms with van der Waals surface area (Å²) in [5.41, 5.74) is 2.79. The molecule has 1 heterocycles. The fourth-order valence-corrected chi connectivity index (χ4v) is 1.24. The first kappa shape index (κ1) is 14.1. The van der Waals surface area contributed by atoms with Crippen molar-refractivity contribution < 1.29 is 26.7 Å². The highest BCUT2D eigenvalue weighted by atomic mass is 19.4. The monoisotopic (exact) mass is 267 g/mol. The van der Waals surface area contributed by atoms with Gasteiger partial charge < -0.3 is 10.5 Å². The fraction of sp³-hybridized carbons (Fsp3) is 0.333. The number of nitrogens with zero attached hydrogens (tertiary/aromatic N) is 2. The average Bonchev–Trinajstić information content (AvgIpc) is 2.25. The number of halogens is 5. The van der Waals surface area contributed by atoms with E-state index in [1.54, 1.807) is 0 Å². The summed E-state index contributed by atoms with van der Waals surface area (Å²) in [7, 11) is 0. The standard InChI is InChI=1S/C9H6F5N3O/c10-8(11)6-5(2-16)17-3-4(1-15)7(6)18-9(12,13)14/h3,8H,2,16H2. The van der Waals surface area contributed by atoms with Gasteiger partial charge in [-0.25, -0.2) is 8.78 Å². The molecule has 0 saturated carbocycles. The summed E-state index contributed by atoms with van der Waals surface area (Å²) in [6, 6.07) is 1.30. The van der Waals surface area contributed by atoms with Crippen LogP contribution in [0, 0.1) is 11.3 Å². The number of pyridine rings is 1. The predicted octanol–water partition coefficient (Wildman–Crippen LogP) is 2.25. The van der Waals surface area contributed by atoms with E-state index in [1.165, 1.54) is 6.07 Å². The third-order valence-corrected chi connectivity index (χ3v) is 1.90. The molecule has 18 heavy (non-hydrogen) atoms. The summed E-state index contributed by atoms with van der Waals surface area (Å²) in [4.78, 5) is 3.41. The summed E-state index contributed by atoms with van der Waals surface area (Å²) in [6.07, 6.45) is -7.78. The second kappa shape index (κ2) is 5.14. The highest BCUT2D eigenvalue weighted by Gasteiger charge is 2.36. The summed E-state index contributed by atoms with van der Waals surface area (Å²) >= 11 is 0. The Morgan fingerprint density at radius 3 is 2.44 bits per heavy atom. The number of nitriles is 1. The Hall–Kier alpha value is -1.95. The molecule has 0 fully saturated rings. The van der Waals surface area contributed by atoms with Gasteiger partial charge in [0.2, 0.25) is 0 Å². The van der Waals surface area contributed by atoms with Crippen molar-refractivity contribution in [2.75, 3.05) is 0 Å². The minimum Gasteiger partial charge on any atom is -0.404 e. The van der Waals surface area contributed by atoms with E-state index in [-0.39, 0.29) is 0 Å². The molecule has 0 saturated heterocycles. The molecule has 1 rings (SSSR count). The van der Waals surface area contributed by atoms with Crippen LogP contribution in [-0.4, -0.2) is 11.3 Å². The summed E-state index contributed by atoms with van der Waals surface area (Å²) < 4.78 is 65.2. The number of aromatic nitrogens is 1. The lowest BCUT2D eigenvalue weighted by molar-refractivity contribution is -0.275. The van der Waals surface area contributed by atoms with Crippen LogP contribution >= 0.6 is 0 Å². The number of hydrogen-bond donors (Lipinski definition) is 1.